The van der Waals surface area contributed by atoms with E-state index >= 15 is 0 Å². The summed E-state index contributed by atoms with van der Waals surface area (Å²) < 4.78 is 5.43. The van der Waals surface area contributed by atoms with Gasteiger partial charge in [-0.05, 0) is 50.2 Å². The van der Waals surface area contributed by atoms with Crippen molar-refractivity contribution in [3.05, 3.63) is 23.9 Å². The van der Waals surface area contributed by atoms with Crippen molar-refractivity contribution in [3.63, 3.8) is 0 Å². The minimum atomic E-state index is 0.541. The fourth-order valence-corrected chi connectivity index (χ4v) is 2.77. The zero-order valence-corrected chi connectivity index (χ0v) is 13.9. The zero-order chi connectivity index (χ0) is 15.8. The molecule has 0 unspecified atom stereocenters. The molecule has 1 aromatic heterocycles. The van der Waals surface area contributed by atoms with Gasteiger partial charge in [0.2, 0.25) is 5.88 Å². The average Bonchev–Trinajstić information content (AvgIpc) is 2.54. The van der Waals surface area contributed by atoms with Crippen LogP contribution >= 0.6 is 0 Å². The van der Waals surface area contributed by atoms with E-state index in [2.05, 4.69) is 27.5 Å². The van der Waals surface area contributed by atoms with Crippen LogP contribution in [-0.4, -0.2) is 30.6 Å². The Hall–Kier alpha value is -1.78. The number of guanidine groups is 1. The van der Waals surface area contributed by atoms with Gasteiger partial charge in [-0.25, -0.2) is 4.98 Å². The SMILES string of the molecule is CCOc1cc(CNC(=NC)NC2CCC(C)CC2)ccn1. The molecule has 0 aliphatic heterocycles. The third-order valence-electron chi connectivity index (χ3n) is 4.13. The number of nitrogens with zero attached hydrogens (tertiary/aromatic N) is 2. The predicted molar refractivity (Wildman–Crippen MR) is 90.2 cm³/mol. The van der Waals surface area contributed by atoms with Crippen LogP contribution in [0.1, 0.15) is 45.1 Å². The Morgan fingerprint density at radius 1 is 1.36 bits per heavy atom. The summed E-state index contributed by atoms with van der Waals surface area (Å²) >= 11 is 0. The fourth-order valence-electron chi connectivity index (χ4n) is 2.77. The Balaban J connectivity index is 1.82. The van der Waals surface area contributed by atoms with Gasteiger partial charge in [0, 0.05) is 31.9 Å². The van der Waals surface area contributed by atoms with E-state index < -0.39 is 0 Å². The molecule has 1 aliphatic carbocycles. The topological polar surface area (TPSA) is 58.5 Å². The van der Waals surface area contributed by atoms with Gasteiger partial charge in [-0.1, -0.05) is 6.92 Å². The monoisotopic (exact) mass is 304 g/mol. The van der Waals surface area contributed by atoms with Crippen LogP contribution in [0.2, 0.25) is 0 Å². The lowest BCUT2D eigenvalue weighted by Gasteiger charge is -2.28. The van der Waals surface area contributed by atoms with Gasteiger partial charge in [0.15, 0.2) is 5.96 Å². The summed E-state index contributed by atoms with van der Waals surface area (Å²) in [6.45, 7) is 5.64. The second kappa shape index (κ2) is 8.61. The molecule has 0 saturated heterocycles. The highest BCUT2D eigenvalue weighted by atomic mass is 16.5. The van der Waals surface area contributed by atoms with Crippen LogP contribution in [-0.2, 0) is 6.54 Å². The molecule has 1 fully saturated rings. The van der Waals surface area contributed by atoms with Crippen molar-refractivity contribution in [1.29, 1.82) is 0 Å². The molecule has 0 bridgehead atoms. The summed E-state index contributed by atoms with van der Waals surface area (Å²) in [5.74, 6) is 2.40. The lowest BCUT2D eigenvalue weighted by atomic mass is 9.87. The minimum absolute atomic E-state index is 0.541. The van der Waals surface area contributed by atoms with Crippen LogP contribution in [0.5, 0.6) is 5.88 Å². The first-order valence-corrected chi connectivity index (χ1v) is 8.26. The third kappa shape index (κ3) is 5.20. The van der Waals surface area contributed by atoms with Gasteiger partial charge in [0.1, 0.15) is 0 Å². The van der Waals surface area contributed by atoms with Crippen molar-refractivity contribution < 1.29 is 4.74 Å². The molecule has 2 N–H and O–H groups in total. The van der Waals surface area contributed by atoms with Crippen LogP contribution in [0, 0.1) is 5.92 Å². The van der Waals surface area contributed by atoms with E-state index in [1.807, 2.05) is 26.1 Å². The zero-order valence-electron chi connectivity index (χ0n) is 13.9. The Kier molecular flexibility index (Phi) is 6.49. The highest BCUT2D eigenvalue weighted by Gasteiger charge is 2.18. The number of ether oxygens (including phenoxy) is 1. The minimum Gasteiger partial charge on any atom is -0.478 e. The number of aromatic nitrogens is 1. The summed E-state index contributed by atoms with van der Waals surface area (Å²) in [7, 11) is 1.82. The molecule has 0 aromatic carbocycles. The van der Waals surface area contributed by atoms with Gasteiger partial charge in [-0.3, -0.25) is 4.99 Å². The fraction of sp³-hybridized carbons (Fsp3) is 0.647. The molecule has 1 heterocycles. The quantitative estimate of drug-likeness (QED) is 0.649. The first-order valence-electron chi connectivity index (χ1n) is 8.26. The molecule has 1 aromatic rings. The van der Waals surface area contributed by atoms with Gasteiger partial charge in [-0.15, -0.1) is 0 Å². The Morgan fingerprint density at radius 3 is 2.82 bits per heavy atom. The summed E-state index contributed by atoms with van der Waals surface area (Å²) in [5, 5.41) is 6.90. The maximum atomic E-state index is 5.43. The van der Waals surface area contributed by atoms with Crippen LogP contribution in [0.15, 0.2) is 23.3 Å². The summed E-state index contributed by atoms with van der Waals surface area (Å²) in [6.07, 6.45) is 6.84. The molecule has 0 spiro atoms. The van der Waals surface area contributed by atoms with Crippen LogP contribution < -0.4 is 15.4 Å². The number of nitrogens with one attached hydrogen (secondary N) is 2. The molecular formula is C17H28N4O. The summed E-state index contributed by atoms with van der Waals surface area (Å²) in [4.78, 5) is 8.50. The highest BCUT2D eigenvalue weighted by molar-refractivity contribution is 5.79. The van der Waals surface area contributed by atoms with E-state index in [-0.39, 0.29) is 0 Å². The van der Waals surface area contributed by atoms with Crippen molar-refractivity contribution >= 4 is 5.96 Å². The Morgan fingerprint density at radius 2 is 2.14 bits per heavy atom. The van der Waals surface area contributed by atoms with E-state index in [0.717, 1.165) is 17.4 Å². The normalized spacial score (nSPS) is 22.2. The maximum Gasteiger partial charge on any atom is 0.213 e. The van der Waals surface area contributed by atoms with E-state index in [4.69, 9.17) is 4.74 Å². The number of rotatable bonds is 5. The van der Waals surface area contributed by atoms with Crippen LogP contribution in [0.25, 0.3) is 0 Å². The van der Waals surface area contributed by atoms with Crippen molar-refractivity contribution in [3.8, 4) is 5.88 Å². The average molecular weight is 304 g/mol. The molecule has 0 atom stereocenters. The first-order chi connectivity index (χ1) is 10.7. The van der Waals surface area contributed by atoms with Gasteiger partial charge >= 0.3 is 0 Å². The summed E-state index contributed by atoms with van der Waals surface area (Å²) in [5.41, 5.74) is 1.14. The second-order valence-electron chi connectivity index (χ2n) is 5.96. The second-order valence-corrected chi connectivity index (χ2v) is 5.96. The van der Waals surface area contributed by atoms with Crippen molar-refractivity contribution in [2.75, 3.05) is 13.7 Å². The molecule has 1 saturated carbocycles. The molecule has 122 valence electrons. The molecule has 1 aliphatic rings. The van der Waals surface area contributed by atoms with E-state index in [9.17, 15) is 0 Å². The smallest absolute Gasteiger partial charge is 0.213 e. The summed E-state index contributed by atoms with van der Waals surface area (Å²) in [6, 6.07) is 4.50. The number of aliphatic imine (C=N–C) groups is 1. The lowest BCUT2D eigenvalue weighted by Crippen LogP contribution is -2.44. The van der Waals surface area contributed by atoms with Crippen molar-refractivity contribution in [1.82, 2.24) is 15.6 Å². The van der Waals surface area contributed by atoms with Gasteiger partial charge < -0.3 is 15.4 Å². The predicted octanol–water partition coefficient (Wildman–Crippen LogP) is 2.72. The largest absolute Gasteiger partial charge is 0.478 e. The first kappa shape index (κ1) is 16.6. The van der Waals surface area contributed by atoms with Crippen molar-refractivity contribution in [2.24, 2.45) is 10.9 Å². The highest BCUT2D eigenvalue weighted by Crippen LogP contribution is 2.23. The van der Waals surface area contributed by atoms with Gasteiger partial charge in [0.25, 0.3) is 0 Å². The number of hydrogen-bond acceptors (Lipinski definition) is 3. The molecule has 5 heteroatoms. The molecule has 2 rings (SSSR count). The van der Waals surface area contributed by atoms with E-state index in [1.54, 1.807) is 6.20 Å². The number of hydrogen-bond donors (Lipinski definition) is 2. The Labute approximate surface area is 133 Å². The van der Waals surface area contributed by atoms with Crippen LogP contribution in [0.4, 0.5) is 0 Å². The third-order valence-corrected chi connectivity index (χ3v) is 4.13. The van der Waals surface area contributed by atoms with Crippen molar-refractivity contribution in [2.45, 2.75) is 52.1 Å². The van der Waals surface area contributed by atoms with Gasteiger partial charge in [0.05, 0.1) is 6.61 Å². The molecule has 0 amide bonds. The number of pyridine rings is 1. The van der Waals surface area contributed by atoms with Gasteiger partial charge in [-0.2, -0.15) is 0 Å². The van der Waals surface area contributed by atoms with Crippen LogP contribution in [0.3, 0.4) is 0 Å². The van der Waals surface area contributed by atoms with E-state index in [1.165, 1.54) is 25.7 Å². The molecule has 22 heavy (non-hydrogen) atoms. The lowest BCUT2D eigenvalue weighted by molar-refractivity contribution is 0.326. The molecular weight excluding hydrogens is 276 g/mol. The van der Waals surface area contributed by atoms with E-state index in [0.29, 0.717) is 25.1 Å². The molecule has 0 radical (unpaired) electrons. The molecule has 5 nitrogen and oxygen atoms in total. The maximum absolute atomic E-state index is 5.43. The standard InChI is InChI=1S/C17H28N4O/c1-4-22-16-11-14(9-10-19-16)12-20-17(18-3)21-15-7-5-13(2)6-8-15/h9-11,13,15H,4-8,12H2,1-3H3,(H2,18,20,21). The Bertz CT molecular complexity index is 481.